The Hall–Kier alpha value is -1.49. The Morgan fingerprint density at radius 1 is 1.62 bits per heavy atom. The first-order chi connectivity index (χ1) is 7.66. The van der Waals surface area contributed by atoms with Crippen LogP contribution in [0.4, 0.5) is 4.39 Å². The van der Waals surface area contributed by atoms with Gasteiger partial charge in [0.2, 0.25) is 0 Å². The van der Waals surface area contributed by atoms with Gasteiger partial charge in [-0.2, -0.15) is 0 Å². The summed E-state index contributed by atoms with van der Waals surface area (Å²) < 4.78 is 13.2. The summed E-state index contributed by atoms with van der Waals surface area (Å²) in [4.78, 5) is 15.2. The number of carbonyl (C=O) groups excluding carboxylic acids is 1. The van der Waals surface area contributed by atoms with Gasteiger partial charge >= 0.3 is 0 Å². The molecule has 1 heterocycles. The van der Waals surface area contributed by atoms with Crippen LogP contribution in [0.1, 0.15) is 23.2 Å². The average Bonchev–Trinajstić information content (AvgIpc) is 2.23. The fourth-order valence-corrected chi connectivity index (χ4v) is 1.85. The number of nitrogens with two attached hydrogens (primary N) is 1. The van der Waals surface area contributed by atoms with Crippen LogP contribution in [0.25, 0.3) is 0 Å². The number of amides is 1. The average molecular weight is 223 g/mol. The van der Waals surface area contributed by atoms with Crippen LogP contribution in [-0.2, 0) is 0 Å². The van der Waals surface area contributed by atoms with E-state index < -0.39 is 5.82 Å². The lowest BCUT2D eigenvalue weighted by molar-refractivity contribution is 0.0931. The van der Waals surface area contributed by atoms with Gasteiger partial charge < -0.3 is 11.1 Å². The summed E-state index contributed by atoms with van der Waals surface area (Å²) in [5.41, 5.74) is 5.67. The van der Waals surface area contributed by atoms with Gasteiger partial charge in [-0.25, -0.2) is 4.39 Å². The molecule has 4 nitrogen and oxygen atoms in total. The monoisotopic (exact) mass is 223 g/mol. The fraction of sp³-hybridized carbons (Fsp3) is 0.455. The van der Waals surface area contributed by atoms with Crippen molar-refractivity contribution in [2.75, 3.05) is 6.54 Å². The number of hydrogen-bond acceptors (Lipinski definition) is 3. The van der Waals surface area contributed by atoms with Gasteiger partial charge in [-0.05, 0) is 24.8 Å². The predicted molar refractivity (Wildman–Crippen MR) is 57.2 cm³/mol. The molecule has 1 aromatic heterocycles. The van der Waals surface area contributed by atoms with Crippen molar-refractivity contribution in [2.45, 2.75) is 18.9 Å². The summed E-state index contributed by atoms with van der Waals surface area (Å²) in [5.74, 6) is -0.547. The quantitative estimate of drug-likeness (QED) is 0.792. The number of carbonyl (C=O) groups is 1. The molecule has 0 radical (unpaired) electrons. The Balaban J connectivity index is 1.86. The van der Waals surface area contributed by atoms with E-state index in [0.717, 1.165) is 19.0 Å². The zero-order chi connectivity index (χ0) is 11.5. The molecule has 3 N–H and O–H groups in total. The molecule has 1 aliphatic rings. The van der Waals surface area contributed by atoms with E-state index in [9.17, 15) is 9.18 Å². The number of rotatable bonds is 3. The molecule has 0 unspecified atom stereocenters. The second kappa shape index (κ2) is 4.57. The van der Waals surface area contributed by atoms with Crippen LogP contribution in [0.15, 0.2) is 18.5 Å². The molecule has 1 saturated carbocycles. The molecule has 0 saturated heterocycles. The maximum absolute atomic E-state index is 13.2. The lowest BCUT2D eigenvalue weighted by Crippen LogP contribution is -2.42. The Kier molecular flexibility index (Phi) is 3.14. The van der Waals surface area contributed by atoms with Gasteiger partial charge in [-0.15, -0.1) is 0 Å². The summed E-state index contributed by atoms with van der Waals surface area (Å²) in [5, 5.41) is 2.70. The molecule has 1 aliphatic carbocycles. The Morgan fingerprint density at radius 3 is 3.00 bits per heavy atom. The van der Waals surface area contributed by atoms with Gasteiger partial charge in [-0.1, -0.05) is 0 Å². The van der Waals surface area contributed by atoms with E-state index in [0.29, 0.717) is 12.5 Å². The van der Waals surface area contributed by atoms with E-state index in [-0.39, 0.29) is 17.5 Å². The normalized spacial score (nSPS) is 23.6. The number of pyridine rings is 1. The fourth-order valence-electron chi connectivity index (χ4n) is 1.85. The van der Waals surface area contributed by atoms with Crippen LogP contribution in [0, 0.1) is 11.7 Å². The minimum atomic E-state index is -0.592. The first kappa shape index (κ1) is 11.0. The Bertz CT molecular complexity index is 391. The smallest absolute Gasteiger partial charge is 0.254 e. The summed E-state index contributed by atoms with van der Waals surface area (Å²) in [6.07, 6.45) is 4.30. The second-order valence-electron chi connectivity index (χ2n) is 4.16. The molecular formula is C11H14FN3O. The molecule has 0 atom stereocenters. The molecule has 1 fully saturated rings. The minimum absolute atomic E-state index is 0.0404. The molecule has 5 heteroatoms. The van der Waals surface area contributed by atoms with Crippen molar-refractivity contribution in [3.8, 4) is 0 Å². The van der Waals surface area contributed by atoms with E-state index in [1.807, 2.05) is 0 Å². The van der Waals surface area contributed by atoms with Crippen molar-refractivity contribution in [2.24, 2.45) is 11.7 Å². The van der Waals surface area contributed by atoms with E-state index >= 15 is 0 Å². The highest BCUT2D eigenvalue weighted by atomic mass is 19.1. The molecule has 0 aliphatic heterocycles. The maximum atomic E-state index is 13.2. The number of nitrogens with one attached hydrogen (secondary N) is 1. The minimum Gasteiger partial charge on any atom is -0.352 e. The van der Waals surface area contributed by atoms with Crippen molar-refractivity contribution in [3.63, 3.8) is 0 Å². The van der Waals surface area contributed by atoms with Gasteiger partial charge in [0.15, 0.2) is 5.82 Å². The Morgan fingerprint density at radius 2 is 2.38 bits per heavy atom. The number of hydrogen-bond donors (Lipinski definition) is 2. The molecule has 1 amide bonds. The third kappa shape index (κ3) is 2.36. The van der Waals surface area contributed by atoms with Crippen molar-refractivity contribution < 1.29 is 9.18 Å². The molecule has 2 rings (SSSR count). The zero-order valence-corrected chi connectivity index (χ0v) is 8.82. The molecule has 86 valence electrons. The van der Waals surface area contributed by atoms with Crippen molar-refractivity contribution in [1.29, 1.82) is 0 Å². The zero-order valence-electron chi connectivity index (χ0n) is 8.82. The largest absolute Gasteiger partial charge is 0.352 e. The van der Waals surface area contributed by atoms with Gasteiger partial charge in [0.05, 0.1) is 11.8 Å². The van der Waals surface area contributed by atoms with Crippen LogP contribution in [-0.4, -0.2) is 23.5 Å². The predicted octanol–water partition coefficient (Wildman–Crippen LogP) is 0.688. The van der Waals surface area contributed by atoms with Gasteiger partial charge in [-0.3, -0.25) is 9.78 Å². The van der Waals surface area contributed by atoms with Crippen LogP contribution >= 0.6 is 0 Å². The van der Waals surface area contributed by atoms with Gasteiger partial charge in [0.25, 0.3) is 5.91 Å². The first-order valence-corrected chi connectivity index (χ1v) is 5.30. The molecular weight excluding hydrogens is 209 g/mol. The van der Waals surface area contributed by atoms with E-state index in [4.69, 9.17) is 5.73 Å². The topological polar surface area (TPSA) is 68.0 Å². The molecule has 0 spiro atoms. The summed E-state index contributed by atoms with van der Waals surface area (Å²) >= 11 is 0. The molecule has 1 aromatic rings. The van der Waals surface area contributed by atoms with Crippen LogP contribution in [0.5, 0.6) is 0 Å². The number of halogens is 1. The highest BCUT2D eigenvalue weighted by molar-refractivity contribution is 5.94. The third-order valence-electron chi connectivity index (χ3n) is 2.84. The van der Waals surface area contributed by atoms with E-state index in [1.165, 1.54) is 12.3 Å². The van der Waals surface area contributed by atoms with Gasteiger partial charge in [0, 0.05) is 18.8 Å². The second-order valence-corrected chi connectivity index (χ2v) is 4.16. The maximum Gasteiger partial charge on any atom is 0.254 e. The Labute approximate surface area is 93.1 Å². The summed E-state index contributed by atoms with van der Waals surface area (Å²) in [6, 6.07) is 1.64. The van der Waals surface area contributed by atoms with Crippen LogP contribution in [0.2, 0.25) is 0 Å². The SMILES string of the molecule is NC1CC(CNC(=O)c2ccncc2F)C1. The lowest BCUT2D eigenvalue weighted by atomic mass is 9.81. The highest BCUT2D eigenvalue weighted by Gasteiger charge is 2.26. The highest BCUT2D eigenvalue weighted by Crippen LogP contribution is 2.24. The molecule has 0 bridgehead atoms. The number of nitrogens with zero attached hydrogens (tertiary/aromatic N) is 1. The van der Waals surface area contributed by atoms with E-state index in [2.05, 4.69) is 10.3 Å². The lowest BCUT2D eigenvalue weighted by Gasteiger charge is -2.32. The van der Waals surface area contributed by atoms with E-state index in [1.54, 1.807) is 0 Å². The van der Waals surface area contributed by atoms with Gasteiger partial charge in [0.1, 0.15) is 0 Å². The molecule has 0 aromatic carbocycles. The standard InChI is InChI=1S/C11H14FN3O/c12-10-6-14-2-1-9(10)11(16)15-5-7-3-8(13)4-7/h1-2,6-8H,3-5,13H2,(H,15,16). The first-order valence-electron chi connectivity index (χ1n) is 5.30. The van der Waals surface area contributed by atoms with Crippen LogP contribution in [0.3, 0.4) is 0 Å². The third-order valence-corrected chi connectivity index (χ3v) is 2.84. The summed E-state index contributed by atoms with van der Waals surface area (Å²) in [6.45, 7) is 0.564. The van der Waals surface area contributed by atoms with Crippen molar-refractivity contribution in [3.05, 3.63) is 29.8 Å². The van der Waals surface area contributed by atoms with Crippen molar-refractivity contribution in [1.82, 2.24) is 10.3 Å². The van der Waals surface area contributed by atoms with Crippen LogP contribution < -0.4 is 11.1 Å². The number of aromatic nitrogens is 1. The van der Waals surface area contributed by atoms with Crippen molar-refractivity contribution >= 4 is 5.91 Å². The summed E-state index contributed by atoms with van der Waals surface area (Å²) in [7, 11) is 0. The molecule has 16 heavy (non-hydrogen) atoms.